The number of carbonyl (C=O) groups excluding carboxylic acids is 1. The Labute approximate surface area is 131 Å². The quantitative estimate of drug-likeness (QED) is 0.368. The normalized spacial score (nSPS) is 11.6. The molecule has 3 heteroatoms. The van der Waals surface area contributed by atoms with E-state index < -0.39 is 0 Å². The second-order valence-electron chi connectivity index (χ2n) is 6.91. The van der Waals surface area contributed by atoms with Crippen molar-refractivity contribution in [3.63, 3.8) is 0 Å². The molecule has 0 aromatic heterocycles. The van der Waals surface area contributed by atoms with Crippen LogP contribution in [0.2, 0.25) is 0 Å². The Morgan fingerprint density at radius 1 is 0.905 bits per heavy atom. The van der Waals surface area contributed by atoms with Gasteiger partial charge in [0.1, 0.15) is 0 Å². The Morgan fingerprint density at radius 2 is 1.38 bits per heavy atom. The van der Waals surface area contributed by atoms with Crippen LogP contribution in [0.3, 0.4) is 0 Å². The van der Waals surface area contributed by atoms with E-state index in [1.807, 2.05) is 13.8 Å². The molecule has 21 heavy (non-hydrogen) atoms. The van der Waals surface area contributed by atoms with Crippen molar-refractivity contribution in [3.8, 4) is 0 Å². The topological polar surface area (TPSA) is 46.5 Å². The number of ether oxygens (including phenoxy) is 1. The van der Waals surface area contributed by atoms with E-state index in [0.29, 0.717) is 13.0 Å². The summed E-state index contributed by atoms with van der Waals surface area (Å²) in [7, 11) is 0. The molecule has 0 rings (SSSR count). The molecule has 0 spiro atoms. The maximum atomic E-state index is 11.5. The minimum Gasteiger partial charge on any atom is -0.465 e. The molecule has 0 aliphatic carbocycles. The lowest BCUT2D eigenvalue weighted by Gasteiger charge is -2.20. The number of esters is 1. The molecule has 0 aliphatic heterocycles. The first-order chi connectivity index (χ1) is 10.0. The number of hydrogen-bond donors (Lipinski definition) is 1. The van der Waals surface area contributed by atoms with Crippen LogP contribution in [0.4, 0.5) is 0 Å². The largest absolute Gasteiger partial charge is 0.465 e. The fourth-order valence-corrected chi connectivity index (χ4v) is 2.15. The highest BCUT2D eigenvalue weighted by atomic mass is 16.5. The fourth-order valence-electron chi connectivity index (χ4n) is 2.15. The zero-order valence-corrected chi connectivity index (χ0v) is 14.5. The molecule has 0 atom stereocenters. The molecule has 0 saturated carbocycles. The maximum absolute atomic E-state index is 11.5. The van der Waals surface area contributed by atoms with Gasteiger partial charge in [-0.1, -0.05) is 78.6 Å². The van der Waals surface area contributed by atoms with E-state index in [-0.39, 0.29) is 18.0 Å². The lowest BCUT2D eigenvalue weighted by Crippen LogP contribution is -2.25. The van der Waals surface area contributed by atoms with Gasteiger partial charge in [-0.05, 0) is 6.42 Å². The van der Waals surface area contributed by atoms with Crippen molar-refractivity contribution in [1.82, 2.24) is 0 Å². The van der Waals surface area contributed by atoms with Crippen LogP contribution in [-0.4, -0.2) is 24.3 Å². The molecule has 0 saturated heterocycles. The number of rotatable bonds is 14. The molecule has 0 aliphatic rings. The Kier molecular flexibility index (Phi) is 12.8. The van der Waals surface area contributed by atoms with Crippen molar-refractivity contribution in [2.45, 2.75) is 91.4 Å². The molecule has 0 heterocycles. The van der Waals surface area contributed by atoms with E-state index in [1.54, 1.807) is 0 Å². The van der Waals surface area contributed by atoms with Gasteiger partial charge in [-0.2, -0.15) is 0 Å². The lowest BCUT2D eigenvalue weighted by atomic mass is 9.96. The fraction of sp³-hybridized carbons (Fsp3) is 0.944. The van der Waals surface area contributed by atoms with Crippen LogP contribution in [0.25, 0.3) is 0 Å². The third-order valence-electron chi connectivity index (χ3n) is 3.79. The standard InChI is InChI=1S/C18H36O3/c1-4-5-6-7-8-9-10-11-12-13-14-17(20)21-16-18(2,3)15-19/h19H,4-16H2,1-3H3. The number of aliphatic hydroxyl groups excluding tert-OH is 1. The minimum absolute atomic E-state index is 0.0402. The van der Waals surface area contributed by atoms with Gasteiger partial charge >= 0.3 is 5.97 Å². The van der Waals surface area contributed by atoms with Crippen molar-refractivity contribution >= 4 is 5.97 Å². The molecule has 0 bridgehead atoms. The lowest BCUT2D eigenvalue weighted by molar-refractivity contribution is -0.147. The van der Waals surface area contributed by atoms with E-state index in [1.165, 1.54) is 51.4 Å². The van der Waals surface area contributed by atoms with Crippen molar-refractivity contribution in [3.05, 3.63) is 0 Å². The highest BCUT2D eigenvalue weighted by Crippen LogP contribution is 2.15. The summed E-state index contributed by atoms with van der Waals surface area (Å²) in [5.41, 5.74) is -0.326. The number of unbranched alkanes of at least 4 members (excludes halogenated alkanes) is 9. The third kappa shape index (κ3) is 14.1. The van der Waals surface area contributed by atoms with E-state index in [0.717, 1.165) is 12.8 Å². The van der Waals surface area contributed by atoms with Gasteiger partial charge in [0.05, 0.1) is 13.2 Å². The molecular weight excluding hydrogens is 264 g/mol. The molecule has 0 fully saturated rings. The van der Waals surface area contributed by atoms with Crippen molar-refractivity contribution in [1.29, 1.82) is 0 Å². The van der Waals surface area contributed by atoms with Crippen molar-refractivity contribution in [2.24, 2.45) is 5.41 Å². The first kappa shape index (κ1) is 20.4. The zero-order chi connectivity index (χ0) is 16.0. The van der Waals surface area contributed by atoms with Crippen LogP contribution in [0.15, 0.2) is 0 Å². The average Bonchev–Trinajstić information content (AvgIpc) is 2.47. The Hall–Kier alpha value is -0.570. The van der Waals surface area contributed by atoms with E-state index in [4.69, 9.17) is 9.84 Å². The highest BCUT2D eigenvalue weighted by Gasteiger charge is 2.18. The summed E-state index contributed by atoms with van der Waals surface area (Å²) in [4.78, 5) is 11.5. The number of hydrogen-bond acceptors (Lipinski definition) is 3. The molecule has 0 unspecified atom stereocenters. The monoisotopic (exact) mass is 300 g/mol. The molecule has 0 aromatic carbocycles. The molecule has 3 nitrogen and oxygen atoms in total. The third-order valence-corrected chi connectivity index (χ3v) is 3.79. The minimum atomic E-state index is -0.326. The van der Waals surface area contributed by atoms with Gasteiger partial charge in [-0.3, -0.25) is 4.79 Å². The number of carbonyl (C=O) groups is 1. The van der Waals surface area contributed by atoms with Crippen molar-refractivity contribution < 1.29 is 14.6 Å². The first-order valence-corrected chi connectivity index (χ1v) is 8.78. The Balaban J connectivity index is 3.29. The Bertz CT molecular complexity index is 249. The SMILES string of the molecule is CCCCCCCCCCCCC(=O)OCC(C)(C)CO. The Morgan fingerprint density at radius 3 is 1.86 bits per heavy atom. The second-order valence-corrected chi connectivity index (χ2v) is 6.91. The first-order valence-electron chi connectivity index (χ1n) is 8.78. The molecular formula is C18H36O3. The zero-order valence-electron chi connectivity index (χ0n) is 14.5. The van der Waals surface area contributed by atoms with Crippen molar-refractivity contribution in [2.75, 3.05) is 13.2 Å². The second kappa shape index (κ2) is 13.1. The van der Waals surface area contributed by atoms with E-state index in [2.05, 4.69) is 6.92 Å². The van der Waals surface area contributed by atoms with Gasteiger partial charge in [0.25, 0.3) is 0 Å². The summed E-state index contributed by atoms with van der Waals surface area (Å²) in [6, 6.07) is 0. The van der Waals surface area contributed by atoms with Crippen LogP contribution in [-0.2, 0) is 9.53 Å². The average molecular weight is 300 g/mol. The predicted molar refractivity (Wildman–Crippen MR) is 88.3 cm³/mol. The van der Waals surface area contributed by atoms with E-state index in [9.17, 15) is 4.79 Å². The summed E-state index contributed by atoms with van der Waals surface area (Å²) in [6.45, 7) is 6.37. The van der Waals surface area contributed by atoms with Gasteiger partial charge in [0.2, 0.25) is 0 Å². The van der Waals surface area contributed by atoms with Gasteiger partial charge in [-0.15, -0.1) is 0 Å². The molecule has 1 N–H and O–H groups in total. The van der Waals surface area contributed by atoms with Gasteiger partial charge in [0, 0.05) is 11.8 Å². The van der Waals surface area contributed by atoms with Crippen LogP contribution in [0.1, 0.15) is 91.4 Å². The molecule has 0 aromatic rings. The summed E-state index contributed by atoms with van der Waals surface area (Å²) < 4.78 is 5.18. The molecule has 0 amide bonds. The van der Waals surface area contributed by atoms with Crippen LogP contribution in [0.5, 0.6) is 0 Å². The highest BCUT2D eigenvalue weighted by molar-refractivity contribution is 5.69. The molecule has 0 radical (unpaired) electrons. The van der Waals surface area contributed by atoms with Gasteiger partial charge < -0.3 is 9.84 Å². The van der Waals surface area contributed by atoms with E-state index >= 15 is 0 Å². The smallest absolute Gasteiger partial charge is 0.305 e. The molecule has 126 valence electrons. The van der Waals surface area contributed by atoms with Gasteiger partial charge in [-0.25, -0.2) is 0 Å². The van der Waals surface area contributed by atoms with Crippen LogP contribution < -0.4 is 0 Å². The predicted octanol–water partition coefficient (Wildman–Crippen LogP) is 4.86. The van der Waals surface area contributed by atoms with Crippen LogP contribution >= 0.6 is 0 Å². The number of aliphatic hydroxyl groups is 1. The summed E-state index contributed by atoms with van der Waals surface area (Å²) >= 11 is 0. The summed E-state index contributed by atoms with van der Waals surface area (Å²) in [5, 5.41) is 9.08. The maximum Gasteiger partial charge on any atom is 0.305 e. The summed E-state index contributed by atoms with van der Waals surface area (Å²) in [5.74, 6) is -0.129. The van der Waals surface area contributed by atoms with Gasteiger partial charge in [0.15, 0.2) is 0 Å². The summed E-state index contributed by atoms with van der Waals surface area (Å²) in [6.07, 6.45) is 13.2. The van der Waals surface area contributed by atoms with Crippen LogP contribution in [0, 0.1) is 5.41 Å².